The monoisotopic (exact) mass is 253 g/mol. The summed E-state index contributed by atoms with van der Waals surface area (Å²) >= 11 is 5.81. The van der Waals surface area contributed by atoms with Crippen LogP contribution in [0.25, 0.3) is 11.0 Å². The molecule has 0 saturated heterocycles. The Balaban J connectivity index is 0.000000686. The number of aromatic nitrogens is 3. The minimum Gasteiger partial charge on any atom is -0.327 e. The quantitative estimate of drug-likeness (QED) is 0.660. The van der Waals surface area contributed by atoms with Gasteiger partial charge < -0.3 is 4.57 Å². The summed E-state index contributed by atoms with van der Waals surface area (Å²) in [6, 6.07) is 0. The summed E-state index contributed by atoms with van der Waals surface area (Å²) in [5, 5.41) is 1.36. The molecule has 0 amide bonds. The summed E-state index contributed by atoms with van der Waals surface area (Å²) in [4.78, 5) is 8.28. The summed E-state index contributed by atoms with van der Waals surface area (Å²) in [7, 11) is 0. The summed E-state index contributed by atoms with van der Waals surface area (Å²) < 4.78 is 2.13. The van der Waals surface area contributed by atoms with Crippen molar-refractivity contribution in [1.82, 2.24) is 14.5 Å². The van der Waals surface area contributed by atoms with Crippen molar-refractivity contribution in [2.24, 2.45) is 0 Å². The van der Waals surface area contributed by atoms with Crippen LogP contribution in [0.5, 0.6) is 0 Å². The standard InChI is InChI=1S/C11H14ClN3.C2H6/c1-7-6-15(11(2,3)4)9-8(7)5-13-10(12)14-9;1-2/h5-6H,1-4H3;1-2H3. The number of fused-ring (bicyclic) bond motifs is 1. The number of aryl methyl sites for hydroxylation is 1. The number of hydrogen-bond donors (Lipinski definition) is 0. The smallest absolute Gasteiger partial charge is 0.224 e. The molecular weight excluding hydrogens is 234 g/mol. The molecule has 0 atom stereocenters. The molecule has 3 nitrogen and oxygen atoms in total. The molecule has 94 valence electrons. The molecular formula is C13H20ClN3. The zero-order chi connectivity index (χ0) is 13.2. The zero-order valence-corrected chi connectivity index (χ0v) is 12.1. The second-order valence-corrected chi connectivity index (χ2v) is 5.07. The Morgan fingerprint density at radius 2 is 1.82 bits per heavy atom. The van der Waals surface area contributed by atoms with E-state index < -0.39 is 0 Å². The van der Waals surface area contributed by atoms with Gasteiger partial charge in [0.25, 0.3) is 0 Å². The number of hydrogen-bond acceptors (Lipinski definition) is 2. The van der Waals surface area contributed by atoms with Gasteiger partial charge in [-0.15, -0.1) is 0 Å². The second kappa shape index (κ2) is 5.05. The number of rotatable bonds is 0. The minimum atomic E-state index is 0.00416. The van der Waals surface area contributed by atoms with Crippen LogP contribution in [0.15, 0.2) is 12.4 Å². The van der Waals surface area contributed by atoms with Crippen LogP contribution in [0.4, 0.5) is 0 Å². The lowest BCUT2D eigenvalue weighted by atomic mass is 10.1. The van der Waals surface area contributed by atoms with E-state index in [1.165, 1.54) is 5.56 Å². The van der Waals surface area contributed by atoms with Crippen LogP contribution in [0.3, 0.4) is 0 Å². The Labute approximate surface area is 108 Å². The van der Waals surface area contributed by atoms with Crippen LogP contribution in [-0.2, 0) is 5.54 Å². The Hall–Kier alpha value is -1.09. The molecule has 2 rings (SSSR count). The Morgan fingerprint density at radius 1 is 1.24 bits per heavy atom. The maximum atomic E-state index is 5.81. The maximum absolute atomic E-state index is 5.81. The fraction of sp³-hybridized carbons (Fsp3) is 0.538. The van der Waals surface area contributed by atoms with Crippen molar-refractivity contribution < 1.29 is 0 Å². The topological polar surface area (TPSA) is 30.7 Å². The van der Waals surface area contributed by atoms with Crippen molar-refractivity contribution in [3.8, 4) is 0 Å². The predicted molar refractivity (Wildman–Crippen MR) is 73.6 cm³/mol. The van der Waals surface area contributed by atoms with E-state index in [-0.39, 0.29) is 5.54 Å². The van der Waals surface area contributed by atoms with Gasteiger partial charge in [0.15, 0.2) is 0 Å². The third kappa shape index (κ3) is 2.78. The van der Waals surface area contributed by atoms with Crippen LogP contribution in [0.1, 0.15) is 40.2 Å². The SMILES string of the molecule is CC.Cc1cn(C(C)(C)C)c2nc(Cl)ncc12. The predicted octanol–water partition coefficient (Wildman–Crippen LogP) is 4.17. The van der Waals surface area contributed by atoms with Crippen molar-refractivity contribution in [2.75, 3.05) is 0 Å². The molecule has 0 unspecified atom stereocenters. The Bertz CT molecular complexity index is 509. The first-order chi connectivity index (χ1) is 7.89. The third-order valence-electron chi connectivity index (χ3n) is 2.44. The highest BCUT2D eigenvalue weighted by Gasteiger charge is 2.18. The van der Waals surface area contributed by atoms with Crippen molar-refractivity contribution >= 4 is 22.6 Å². The van der Waals surface area contributed by atoms with Crippen molar-refractivity contribution in [1.29, 1.82) is 0 Å². The summed E-state index contributed by atoms with van der Waals surface area (Å²) in [6.07, 6.45) is 3.87. The van der Waals surface area contributed by atoms with E-state index in [2.05, 4.69) is 48.4 Å². The fourth-order valence-corrected chi connectivity index (χ4v) is 1.78. The molecule has 0 saturated carbocycles. The van der Waals surface area contributed by atoms with E-state index in [1.54, 1.807) is 6.20 Å². The first kappa shape index (κ1) is 14.0. The first-order valence-corrected chi connectivity index (χ1v) is 6.28. The highest BCUT2D eigenvalue weighted by Crippen LogP contribution is 2.25. The van der Waals surface area contributed by atoms with Crippen molar-refractivity contribution in [2.45, 2.75) is 47.1 Å². The van der Waals surface area contributed by atoms with Gasteiger partial charge in [0.05, 0.1) is 0 Å². The van der Waals surface area contributed by atoms with Gasteiger partial charge in [-0.2, -0.15) is 4.98 Å². The van der Waals surface area contributed by atoms with E-state index in [4.69, 9.17) is 11.6 Å². The Morgan fingerprint density at radius 3 is 2.35 bits per heavy atom. The van der Waals surface area contributed by atoms with E-state index >= 15 is 0 Å². The van der Waals surface area contributed by atoms with Crippen LogP contribution >= 0.6 is 11.6 Å². The third-order valence-corrected chi connectivity index (χ3v) is 2.62. The molecule has 0 radical (unpaired) electrons. The number of halogens is 1. The van der Waals surface area contributed by atoms with Crippen LogP contribution < -0.4 is 0 Å². The molecule has 0 N–H and O–H groups in total. The van der Waals surface area contributed by atoms with Gasteiger partial charge in [-0.25, -0.2) is 4.98 Å². The number of nitrogens with zero attached hydrogens (tertiary/aromatic N) is 3. The fourth-order valence-electron chi connectivity index (χ4n) is 1.65. The lowest BCUT2D eigenvalue weighted by Gasteiger charge is -2.21. The molecule has 2 aromatic heterocycles. The minimum absolute atomic E-state index is 0.00416. The first-order valence-electron chi connectivity index (χ1n) is 5.90. The van der Waals surface area contributed by atoms with Gasteiger partial charge in [-0.05, 0) is 44.9 Å². The molecule has 4 heteroatoms. The van der Waals surface area contributed by atoms with Crippen LogP contribution in [0.2, 0.25) is 5.28 Å². The molecule has 0 aromatic carbocycles. The van der Waals surface area contributed by atoms with Gasteiger partial charge in [0.2, 0.25) is 5.28 Å². The zero-order valence-electron chi connectivity index (χ0n) is 11.4. The second-order valence-electron chi connectivity index (χ2n) is 4.73. The van der Waals surface area contributed by atoms with E-state index in [0.29, 0.717) is 5.28 Å². The van der Waals surface area contributed by atoms with Gasteiger partial charge >= 0.3 is 0 Å². The summed E-state index contributed by atoms with van der Waals surface area (Å²) in [5.74, 6) is 0. The molecule has 2 heterocycles. The average molecular weight is 254 g/mol. The van der Waals surface area contributed by atoms with E-state index in [0.717, 1.165) is 11.0 Å². The van der Waals surface area contributed by atoms with Crippen molar-refractivity contribution in [3.05, 3.63) is 23.2 Å². The van der Waals surface area contributed by atoms with Crippen LogP contribution in [0, 0.1) is 6.92 Å². The molecule has 2 aromatic rings. The van der Waals surface area contributed by atoms with E-state index in [1.807, 2.05) is 13.8 Å². The molecule has 0 aliphatic carbocycles. The lowest BCUT2D eigenvalue weighted by Crippen LogP contribution is -2.21. The summed E-state index contributed by atoms with van der Waals surface area (Å²) in [5.41, 5.74) is 2.08. The van der Waals surface area contributed by atoms with Gasteiger partial charge in [-0.3, -0.25) is 0 Å². The van der Waals surface area contributed by atoms with Gasteiger partial charge in [0, 0.05) is 23.3 Å². The molecule has 0 bridgehead atoms. The lowest BCUT2D eigenvalue weighted by molar-refractivity contribution is 0.408. The largest absolute Gasteiger partial charge is 0.327 e. The van der Waals surface area contributed by atoms with Crippen molar-refractivity contribution in [3.63, 3.8) is 0 Å². The molecule has 0 aliphatic rings. The Kier molecular flexibility index (Phi) is 4.15. The van der Waals surface area contributed by atoms with E-state index in [9.17, 15) is 0 Å². The molecule has 0 aliphatic heterocycles. The van der Waals surface area contributed by atoms with Gasteiger partial charge in [0.1, 0.15) is 5.65 Å². The van der Waals surface area contributed by atoms with Crippen LogP contribution in [-0.4, -0.2) is 14.5 Å². The highest BCUT2D eigenvalue weighted by molar-refractivity contribution is 6.28. The molecule has 17 heavy (non-hydrogen) atoms. The molecule has 0 spiro atoms. The normalized spacial score (nSPS) is 11.2. The highest BCUT2D eigenvalue weighted by atomic mass is 35.5. The van der Waals surface area contributed by atoms with Gasteiger partial charge in [-0.1, -0.05) is 13.8 Å². The average Bonchev–Trinajstić information content (AvgIpc) is 2.58. The summed E-state index contributed by atoms with van der Waals surface area (Å²) in [6.45, 7) is 12.5. The molecule has 0 fully saturated rings. The maximum Gasteiger partial charge on any atom is 0.224 e.